The Morgan fingerprint density at radius 1 is 0.976 bits per heavy atom. The molecule has 0 aromatic heterocycles. The number of fused-ring (bicyclic) bond motifs is 4. The lowest BCUT2D eigenvalue weighted by Crippen LogP contribution is -2.68. The summed E-state index contributed by atoms with van der Waals surface area (Å²) >= 11 is 0. The van der Waals surface area contributed by atoms with Gasteiger partial charge >= 0.3 is 0 Å². The van der Waals surface area contributed by atoms with Crippen molar-refractivity contribution in [1.29, 1.82) is 0 Å². The van der Waals surface area contributed by atoms with Crippen molar-refractivity contribution in [1.82, 2.24) is 4.90 Å². The molecule has 0 radical (unpaired) electrons. The van der Waals surface area contributed by atoms with Gasteiger partial charge in [-0.1, -0.05) is 54.6 Å². The van der Waals surface area contributed by atoms with Gasteiger partial charge < -0.3 is 31.3 Å². The first-order valence-corrected chi connectivity index (χ1v) is 13.2. The lowest BCUT2D eigenvalue weighted by atomic mass is 9.56. The Bertz CT molecular complexity index is 1820. The molecule has 3 aromatic carbocycles. The highest BCUT2D eigenvalue weighted by Gasteiger charge is 2.67. The highest BCUT2D eigenvalue weighted by atomic mass is 16.4. The molecule has 0 spiro atoms. The maximum atomic E-state index is 13.9. The summed E-state index contributed by atoms with van der Waals surface area (Å²) in [6.45, 7) is 0. The van der Waals surface area contributed by atoms with Gasteiger partial charge in [-0.05, 0) is 53.7 Å². The number of primary amides is 1. The van der Waals surface area contributed by atoms with Gasteiger partial charge in [0.25, 0.3) is 5.91 Å². The smallest absolute Gasteiger partial charge is 0.255 e. The largest absolute Gasteiger partial charge is 0.510 e. The average molecular weight is 569 g/mol. The molecule has 3 aliphatic rings. The van der Waals surface area contributed by atoms with Gasteiger partial charge in [0.05, 0.1) is 29.2 Å². The molecule has 5 atom stereocenters. The summed E-state index contributed by atoms with van der Waals surface area (Å²) in [5.74, 6) is -8.83. The van der Waals surface area contributed by atoms with Crippen molar-refractivity contribution in [2.75, 3.05) is 14.1 Å². The van der Waals surface area contributed by atoms with Gasteiger partial charge in [-0.3, -0.25) is 19.3 Å². The van der Waals surface area contributed by atoms with Crippen LogP contribution in [0.4, 0.5) is 0 Å². The summed E-state index contributed by atoms with van der Waals surface area (Å²) in [7, 11) is 2.98. The van der Waals surface area contributed by atoms with Crippen LogP contribution < -0.4 is 5.73 Å². The topological polar surface area (TPSA) is 182 Å². The van der Waals surface area contributed by atoms with E-state index in [1.165, 1.54) is 31.1 Å². The molecule has 0 bridgehead atoms. The van der Waals surface area contributed by atoms with E-state index in [1.54, 1.807) is 12.1 Å². The number of hydrogen-bond acceptors (Lipinski definition) is 9. The molecule has 10 heteroatoms. The number of Topliss-reactive ketones (excluding diaryl/α,β-unsaturated/α-hetero) is 2. The summed E-state index contributed by atoms with van der Waals surface area (Å²) in [5.41, 5.74) is 2.08. The first-order chi connectivity index (χ1) is 19.9. The number of likely N-dealkylation sites (N-methyl/N-ethyl adjacent to an activating group) is 1. The Balaban J connectivity index is 1.67. The van der Waals surface area contributed by atoms with E-state index in [0.717, 1.165) is 10.8 Å². The van der Waals surface area contributed by atoms with Crippen molar-refractivity contribution in [2.24, 2.45) is 17.6 Å². The summed E-state index contributed by atoms with van der Waals surface area (Å²) in [5, 5.41) is 59.2. The molecular weight excluding hydrogens is 540 g/mol. The molecular formula is C32H28N2O8. The highest BCUT2D eigenvalue weighted by molar-refractivity contribution is 6.25. The van der Waals surface area contributed by atoms with E-state index in [4.69, 9.17) is 5.73 Å². The predicted molar refractivity (Wildman–Crippen MR) is 153 cm³/mol. The number of nitrogens with two attached hydrogens (primary N) is 1. The van der Waals surface area contributed by atoms with E-state index >= 15 is 0 Å². The first-order valence-electron chi connectivity index (χ1n) is 13.2. The molecule has 3 aromatic rings. The van der Waals surface area contributed by atoms with Gasteiger partial charge in [0.1, 0.15) is 22.8 Å². The maximum Gasteiger partial charge on any atom is 0.255 e. The minimum atomic E-state index is -2.98. The van der Waals surface area contributed by atoms with Crippen LogP contribution >= 0.6 is 0 Å². The van der Waals surface area contributed by atoms with Gasteiger partial charge in [0.15, 0.2) is 11.4 Å². The van der Waals surface area contributed by atoms with Crippen molar-refractivity contribution < 1.29 is 39.9 Å². The molecule has 0 aliphatic heterocycles. The average Bonchev–Trinajstić information content (AvgIpc) is 2.94. The SMILES string of the molecule is CN(C)[C@@H]1C(O)=C(C(N)=O)C(=O)[C@@]2(O)C(O)=C3C(=O)c4c(O)cccc4/C(=C\c4ccc5ccccc5c4)[C@H]3[C@H](O)[C@@H]12. The van der Waals surface area contributed by atoms with Crippen molar-refractivity contribution in [3.63, 3.8) is 0 Å². The summed E-state index contributed by atoms with van der Waals surface area (Å²) in [6, 6.07) is 16.4. The summed E-state index contributed by atoms with van der Waals surface area (Å²) in [6.07, 6.45) is -0.0253. The van der Waals surface area contributed by atoms with E-state index in [0.29, 0.717) is 16.7 Å². The molecule has 3 aliphatic carbocycles. The third-order valence-electron chi connectivity index (χ3n) is 8.63. The number of aromatic hydroxyl groups is 1. The summed E-state index contributed by atoms with van der Waals surface area (Å²) < 4.78 is 0. The Morgan fingerprint density at radius 2 is 1.67 bits per heavy atom. The second-order valence-corrected chi connectivity index (χ2v) is 11.1. The van der Waals surface area contributed by atoms with Crippen LogP contribution in [-0.4, -0.2) is 79.7 Å². The van der Waals surface area contributed by atoms with Crippen molar-refractivity contribution in [3.05, 3.63) is 100 Å². The third-order valence-corrected chi connectivity index (χ3v) is 8.63. The lowest BCUT2D eigenvalue weighted by Gasteiger charge is -2.52. The molecule has 7 N–H and O–H groups in total. The molecule has 0 saturated heterocycles. The fraction of sp³-hybridized carbons (Fsp3) is 0.219. The number of aliphatic hydroxyl groups is 4. The molecule has 0 saturated carbocycles. The van der Waals surface area contributed by atoms with Crippen molar-refractivity contribution in [2.45, 2.75) is 17.7 Å². The van der Waals surface area contributed by atoms with Crippen LogP contribution in [-0.2, 0) is 9.59 Å². The number of aliphatic hydroxyl groups excluding tert-OH is 3. The minimum absolute atomic E-state index is 0.183. The van der Waals surface area contributed by atoms with Gasteiger partial charge in [-0.2, -0.15) is 0 Å². The zero-order chi connectivity index (χ0) is 30.2. The summed E-state index contributed by atoms with van der Waals surface area (Å²) in [4.78, 5) is 41.1. The quantitative estimate of drug-likeness (QED) is 0.258. The number of benzene rings is 3. The zero-order valence-corrected chi connectivity index (χ0v) is 22.6. The maximum absolute atomic E-state index is 13.9. The number of amides is 1. The van der Waals surface area contributed by atoms with Gasteiger partial charge in [-0.25, -0.2) is 0 Å². The number of nitrogens with zero attached hydrogens (tertiary/aromatic N) is 1. The molecule has 6 rings (SSSR count). The normalized spacial score (nSPS) is 28.3. The zero-order valence-electron chi connectivity index (χ0n) is 22.6. The molecule has 0 unspecified atom stereocenters. The lowest BCUT2D eigenvalue weighted by molar-refractivity contribution is -0.159. The molecule has 10 nitrogen and oxygen atoms in total. The van der Waals surface area contributed by atoms with Crippen LogP contribution in [0.3, 0.4) is 0 Å². The van der Waals surface area contributed by atoms with Crippen molar-refractivity contribution in [3.8, 4) is 5.75 Å². The number of carbonyl (C=O) groups excluding carboxylic acids is 3. The number of ketones is 2. The fourth-order valence-electron chi connectivity index (χ4n) is 6.79. The van der Waals surface area contributed by atoms with Gasteiger partial charge in [0, 0.05) is 5.92 Å². The Hall–Kier alpha value is -4.77. The molecule has 1 amide bonds. The van der Waals surface area contributed by atoms with E-state index in [9.17, 15) is 39.9 Å². The van der Waals surface area contributed by atoms with Crippen LogP contribution in [0.2, 0.25) is 0 Å². The Labute approximate surface area is 239 Å². The van der Waals surface area contributed by atoms with Crippen LogP contribution in [0.5, 0.6) is 5.75 Å². The number of rotatable bonds is 3. The minimum Gasteiger partial charge on any atom is -0.510 e. The van der Waals surface area contributed by atoms with Crippen LogP contribution in [0.1, 0.15) is 21.5 Å². The number of phenols is 1. The highest BCUT2D eigenvalue weighted by Crippen LogP contribution is 2.55. The van der Waals surface area contributed by atoms with Crippen molar-refractivity contribution >= 4 is 39.9 Å². The second kappa shape index (κ2) is 9.38. The number of hydrogen-bond donors (Lipinski definition) is 6. The Morgan fingerprint density at radius 3 is 2.33 bits per heavy atom. The third kappa shape index (κ3) is 3.59. The van der Waals surface area contributed by atoms with E-state index in [1.807, 2.05) is 42.5 Å². The van der Waals surface area contributed by atoms with E-state index < -0.39 is 75.5 Å². The fourth-order valence-corrected chi connectivity index (χ4v) is 6.79. The second-order valence-electron chi connectivity index (χ2n) is 11.1. The first kappa shape index (κ1) is 27.4. The molecule has 0 fully saturated rings. The number of carbonyl (C=O) groups is 3. The molecule has 0 heterocycles. The Kier molecular flexibility index (Phi) is 6.12. The van der Waals surface area contributed by atoms with Gasteiger partial charge in [-0.15, -0.1) is 0 Å². The van der Waals surface area contributed by atoms with Crippen LogP contribution in [0.15, 0.2) is 83.3 Å². The molecule has 214 valence electrons. The van der Waals surface area contributed by atoms with Crippen LogP contribution in [0, 0.1) is 11.8 Å². The monoisotopic (exact) mass is 568 g/mol. The van der Waals surface area contributed by atoms with Crippen LogP contribution in [0.25, 0.3) is 22.4 Å². The molecule has 42 heavy (non-hydrogen) atoms. The standard InChI is InChI=1S/C32H28N2O8/c1-34(2)25-24-27(37)21-18(13-14-10-11-15-6-3-4-7-16(15)12-14)17-8-5-9-19(35)20(17)26(36)22(21)29(39)32(24,42)30(40)23(28(25)38)31(33)41/h3-13,21,24-25,27,35,37-39,42H,1-2H3,(H2,33,41)/b18-13+/t21-,24-,25+,27+,32+/m1/s1. The van der Waals surface area contributed by atoms with Gasteiger partial charge in [0.2, 0.25) is 5.78 Å². The van der Waals surface area contributed by atoms with E-state index in [2.05, 4.69) is 0 Å². The predicted octanol–water partition coefficient (Wildman–Crippen LogP) is 2.24. The van der Waals surface area contributed by atoms with E-state index in [-0.39, 0.29) is 5.56 Å². The number of phenolic OH excluding ortho intramolecular Hbond substituents is 1.